The van der Waals surface area contributed by atoms with E-state index in [9.17, 15) is 0 Å². The Bertz CT molecular complexity index is 33.8. The molecule has 0 rings (SSSR count). The fourth-order valence-corrected chi connectivity index (χ4v) is 0. The van der Waals surface area contributed by atoms with Crippen molar-refractivity contribution in [2.24, 2.45) is 11.5 Å². The lowest BCUT2D eigenvalue weighted by Gasteiger charge is -1.68. The van der Waals surface area contributed by atoms with E-state index in [2.05, 4.69) is 23.7 Å². The summed E-state index contributed by atoms with van der Waals surface area (Å²) in [5.74, 6) is 0. The van der Waals surface area contributed by atoms with Gasteiger partial charge in [0, 0.05) is 0 Å². The molecule has 0 saturated carbocycles. The van der Waals surface area contributed by atoms with Crippen molar-refractivity contribution in [3.8, 4) is 0 Å². The average molecular weight is 111 g/mol. The van der Waals surface area contributed by atoms with Crippen molar-refractivity contribution >= 4 is 17.3 Å². The lowest BCUT2D eigenvalue weighted by molar-refractivity contribution is 0.824. The minimum Gasteiger partial charge on any atom is -0.412 e. The molecule has 0 aliphatic heterocycles. The average Bonchev–Trinajstić information content (AvgIpc) is 0.811. The van der Waals surface area contributed by atoms with Gasteiger partial charge in [-0.25, -0.2) is 0 Å². The molecule has 0 amide bonds. The van der Waals surface area contributed by atoms with Gasteiger partial charge in [0.2, 0.25) is 0 Å². The van der Waals surface area contributed by atoms with Gasteiger partial charge in [-0.15, -0.1) is 0 Å². The maximum atomic E-state index is 4.62. The Morgan fingerprint density at radius 1 is 1.33 bits per heavy atom. The predicted octanol–water partition coefficient (Wildman–Crippen LogP) is -1.47. The summed E-state index contributed by atoms with van der Waals surface area (Å²) in [6.07, 6.45) is 0. The Balaban J connectivity index is -0.0000000450. The van der Waals surface area contributed by atoms with Crippen molar-refractivity contribution in [3.63, 3.8) is 0 Å². The quantitative estimate of drug-likeness (QED) is 0.330. The van der Waals surface area contributed by atoms with Crippen LogP contribution in [0.2, 0.25) is 0 Å². The summed E-state index contributed by atoms with van der Waals surface area (Å²) in [4.78, 5) is 0. The molecule has 0 aliphatic carbocycles. The first-order chi connectivity index (χ1) is 1.73. The van der Waals surface area contributed by atoms with Crippen LogP contribution in [0.1, 0.15) is 0 Å². The summed E-state index contributed by atoms with van der Waals surface area (Å²) in [5.41, 5.74) is 9.24. The van der Waals surface area contributed by atoms with Gasteiger partial charge in [0.1, 0.15) is 0 Å². The molecule has 0 fully saturated rings. The Labute approximate surface area is 41.4 Å². The Morgan fingerprint density at radius 2 is 1.33 bits per heavy atom. The Morgan fingerprint density at radius 3 is 1.33 bits per heavy atom. The minimum atomic E-state index is 0. The van der Waals surface area contributed by atoms with E-state index in [1.807, 2.05) is 0 Å². The first-order valence-corrected chi connectivity index (χ1v) is 1.19. The normalized spacial score (nSPS) is 4.00. The summed E-state index contributed by atoms with van der Waals surface area (Å²) < 4.78 is 0. The highest BCUT2D eigenvalue weighted by molar-refractivity contribution is 7.80. The van der Waals surface area contributed by atoms with Gasteiger partial charge in [0.25, 0.3) is 0 Å². The summed E-state index contributed by atoms with van der Waals surface area (Å²) in [6.45, 7) is 0. The standard InChI is InChI=1S/CH4N2S.H3N.H2O/c2-1(3)4;;/h(H4,2,3,4);1H3;1H2. The molecular formula is CH9N3OS. The van der Waals surface area contributed by atoms with Crippen molar-refractivity contribution in [1.82, 2.24) is 6.15 Å². The molecule has 40 valence electrons. The van der Waals surface area contributed by atoms with Crippen molar-refractivity contribution in [3.05, 3.63) is 0 Å². The van der Waals surface area contributed by atoms with E-state index in [-0.39, 0.29) is 16.7 Å². The van der Waals surface area contributed by atoms with Crippen LogP contribution in [0.3, 0.4) is 0 Å². The third-order valence-electron chi connectivity index (χ3n) is 0. The maximum absolute atomic E-state index is 4.62. The molecule has 0 unspecified atom stereocenters. The van der Waals surface area contributed by atoms with E-state index in [0.29, 0.717) is 0 Å². The molecule has 0 aliphatic rings. The fourth-order valence-electron chi connectivity index (χ4n) is 0. The second-order valence-corrected chi connectivity index (χ2v) is 0.874. The molecule has 0 heterocycles. The van der Waals surface area contributed by atoms with E-state index in [0.717, 1.165) is 0 Å². The molecule has 0 saturated heterocycles. The van der Waals surface area contributed by atoms with Crippen molar-refractivity contribution in [1.29, 1.82) is 0 Å². The van der Waals surface area contributed by atoms with Crippen LogP contribution < -0.4 is 17.6 Å². The summed E-state index contributed by atoms with van der Waals surface area (Å²) in [5, 5.41) is 0.000000000000000222. The third kappa shape index (κ3) is 162. The monoisotopic (exact) mass is 111 g/mol. The van der Waals surface area contributed by atoms with Crippen LogP contribution in [0.5, 0.6) is 0 Å². The van der Waals surface area contributed by atoms with E-state index in [4.69, 9.17) is 0 Å². The maximum Gasteiger partial charge on any atom is 0.160 e. The zero-order valence-corrected chi connectivity index (χ0v) is 4.09. The van der Waals surface area contributed by atoms with Crippen molar-refractivity contribution < 1.29 is 5.48 Å². The van der Waals surface area contributed by atoms with Crippen LogP contribution in [0, 0.1) is 0 Å². The molecular weight excluding hydrogens is 102 g/mol. The van der Waals surface area contributed by atoms with Gasteiger partial charge in [0.05, 0.1) is 0 Å². The van der Waals surface area contributed by atoms with Crippen LogP contribution in [-0.4, -0.2) is 10.6 Å². The second-order valence-electron chi connectivity index (χ2n) is 0.402. The highest BCUT2D eigenvalue weighted by atomic mass is 32.1. The molecule has 0 spiro atoms. The molecule has 0 bridgehead atoms. The lowest BCUT2D eigenvalue weighted by atomic mass is 11.3. The van der Waals surface area contributed by atoms with Crippen LogP contribution in [0.25, 0.3) is 0 Å². The van der Waals surface area contributed by atoms with E-state index in [1.54, 1.807) is 0 Å². The molecule has 5 heteroatoms. The Kier molecular flexibility index (Phi) is 25.7. The molecule has 9 N–H and O–H groups in total. The van der Waals surface area contributed by atoms with E-state index < -0.39 is 0 Å². The van der Waals surface area contributed by atoms with Gasteiger partial charge in [-0.1, -0.05) is 0 Å². The molecule has 4 nitrogen and oxygen atoms in total. The molecule has 0 atom stereocenters. The predicted molar refractivity (Wildman–Crippen MR) is 29.6 cm³/mol. The van der Waals surface area contributed by atoms with Crippen LogP contribution in [0.15, 0.2) is 0 Å². The topological polar surface area (TPSA) is 119 Å². The lowest BCUT2D eigenvalue weighted by Crippen LogP contribution is -2.18. The smallest absolute Gasteiger partial charge is 0.160 e. The molecule has 0 aromatic rings. The first kappa shape index (κ1) is 17.5. The first-order valence-electron chi connectivity index (χ1n) is 0.781. The molecule has 0 radical (unpaired) electrons. The number of hydrogen-bond acceptors (Lipinski definition) is 2. The van der Waals surface area contributed by atoms with Gasteiger partial charge in [-0.05, 0) is 12.2 Å². The van der Waals surface area contributed by atoms with Gasteiger partial charge < -0.3 is 23.1 Å². The van der Waals surface area contributed by atoms with Crippen LogP contribution in [0.4, 0.5) is 0 Å². The second kappa shape index (κ2) is 8.82. The van der Waals surface area contributed by atoms with Gasteiger partial charge in [0.15, 0.2) is 5.11 Å². The molecule has 0 aromatic heterocycles. The highest BCUT2D eigenvalue weighted by Crippen LogP contribution is 1.32. The van der Waals surface area contributed by atoms with E-state index >= 15 is 0 Å². The van der Waals surface area contributed by atoms with Gasteiger partial charge in [-0.2, -0.15) is 0 Å². The summed E-state index contributed by atoms with van der Waals surface area (Å²) in [6, 6.07) is 0. The SMILES string of the molecule is N.NC(N)=S.O. The van der Waals surface area contributed by atoms with Crippen LogP contribution >= 0.6 is 12.2 Å². The largest absolute Gasteiger partial charge is 0.412 e. The zero-order chi connectivity index (χ0) is 3.58. The van der Waals surface area contributed by atoms with Gasteiger partial charge in [-0.3, -0.25) is 0 Å². The number of thiocarbonyl (C=S) groups is 1. The molecule has 0 aromatic carbocycles. The van der Waals surface area contributed by atoms with Crippen molar-refractivity contribution in [2.45, 2.75) is 0 Å². The van der Waals surface area contributed by atoms with Crippen molar-refractivity contribution in [2.75, 3.05) is 0 Å². The number of nitrogens with two attached hydrogens (primary N) is 2. The van der Waals surface area contributed by atoms with Gasteiger partial charge >= 0.3 is 0 Å². The zero-order valence-electron chi connectivity index (χ0n) is 3.27. The van der Waals surface area contributed by atoms with Crippen LogP contribution in [-0.2, 0) is 0 Å². The summed E-state index contributed by atoms with van der Waals surface area (Å²) in [7, 11) is 0. The highest BCUT2D eigenvalue weighted by Gasteiger charge is 1.53. The third-order valence-corrected chi connectivity index (χ3v) is 0. The number of rotatable bonds is 0. The van der Waals surface area contributed by atoms with E-state index in [1.165, 1.54) is 0 Å². The fraction of sp³-hybridized carbons (Fsp3) is 0. The number of hydrogen-bond donors (Lipinski definition) is 3. The summed E-state index contributed by atoms with van der Waals surface area (Å²) >= 11 is 4.09. The minimum absolute atomic E-state index is 0. The molecule has 6 heavy (non-hydrogen) atoms. The Hall–Kier alpha value is -0.390.